The smallest absolute Gasteiger partial charge is 0.287 e. The van der Waals surface area contributed by atoms with Crippen molar-refractivity contribution < 1.29 is 13.6 Å². The Kier molecular flexibility index (Phi) is 5.67. The van der Waals surface area contributed by atoms with E-state index in [2.05, 4.69) is 21.2 Å². The zero-order valence-corrected chi connectivity index (χ0v) is 13.0. The first kappa shape index (κ1) is 15.1. The second-order valence-electron chi connectivity index (χ2n) is 4.02. The third-order valence-corrected chi connectivity index (χ3v) is 4.01. The number of hydrogen-bond donors (Lipinski definition) is 1. The van der Waals surface area contributed by atoms with Gasteiger partial charge in [0.2, 0.25) is 0 Å². The van der Waals surface area contributed by atoms with Gasteiger partial charge in [0.05, 0.1) is 0 Å². The molecule has 0 saturated carbocycles. The number of nitrogens with one attached hydrogen (secondary N) is 1. The van der Waals surface area contributed by atoms with Crippen LogP contribution in [0.1, 0.15) is 17.0 Å². The molecule has 1 amide bonds. The number of furan rings is 1. The minimum atomic E-state index is -0.230. The first-order chi connectivity index (χ1) is 9.65. The number of thioether (sulfide) groups is 1. The lowest BCUT2D eigenvalue weighted by molar-refractivity contribution is 0.0925. The van der Waals surface area contributed by atoms with Gasteiger partial charge in [-0.1, -0.05) is 0 Å². The second kappa shape index (κ2) is 7.50. The van der Waals surface area contributed by atoms with Crippen LogP contribution in [0, 0.1) is 5.82 Å². The SMILES string of the molecule is O=C(NCCCSc1ccc(F)cc1)c1ccc(Br)o1. The van der Waals surface area contributed by atoms with E-state index in [1.807, 2.05) is 0 Å². The number of halogens is 2. The first-order valence-corrected chi connectivity index (χ1v) is 7.85. The van der Waals surface area contributed by atoms with Crippen molar-refractivity contribution >= 4 is 33.6 Å². The molecule has 1 aromatic carbocycles. The maximum atomic E-state index is 12.7. The average Bonchev–Trinajstić information content (AvgIpc) is 2.87. The summed E-state index contributed by atoms with van der Waals surface area (Å²) in [6.45, 7) is 0.575. The van der Waals surface area contributed by atoms with E-state index < -0.39 is 0 Å². The van der Waals surface area contributed by atoms with Crippen molar-refractivity contribution in [3.63, 3.8) is 0 Å². The number of rotatable bonds is 6. The molecule has 6 heteroatoms. The van der Waals surface area contributed by atoms with Crippen LogP contribution in [0.25, 0.3) is 0 Å². The summed E-state index contributed by atoms with van der Waals surface area (Å²) in [7, 11) is 0. The van der Waals surface area contributed by atoms with Crippen LogP contribution in [0.2, 0.25) is 0 Å². The van der Waals surface area contributed by atoms with Crippen LogP contribution in [0.5, 0.6) is 0 Å². The molecule has 1 heterocycles. The molecule has 2 aromatic rings. The zero-order chi connectivity index (χ0) is 14.4. The molecule has 20 heavy (non-hydrogen) atoms. The molecular formula is C14H13BrFNO2S. The van der Waals surface area contributed by atoms with Crippen LogP contribution in [0.15, 0.2) is 50.4 Å². The zero-order valence-electron chi connectivity index (χ0n) is 10.6. The highest BCUT2D eigenvalue weighted by Gasteiger charge is 2.08. The molecule has 0 fully saturated rings. The van der Waals surface area contributed by atoms with Crippen molar-refractivity contribution in [1.29, 1.82) is 0 Å². The van der Waals surface area contributed by atoms with Crippen molar-refractivity contribution in [2.45, 2.75) is 11.3 Å². The van der Waals surface area contributed by atoms with Gasteiger partial charge in [-0.2, -0.15) is 0 Å². The first-order valence-electron chi connectivity index (χ1n) is 6.07. The van der Waals surface area contributed by atoms with E-state index in [0.29, 0.717) is 17.0 Å². The highest BCUT2D eigenvalue weighted by Crippen LogP contribution is 2.18. The number of amides is 1. The van der Waals surface area contributed by atoms with Gasteiger partial charge < -0.3 is 9.73 Å². The minimum absolute atomic E-state index is 0.220. The summed E-state index contributed by atoms with van der Waals surface area (Å²) in [5.74, 6) is 0.699. The highest BCUT2D eigenvalue weighted by molar-refractivity contribution is 9.10. The molecule has 0 bridgehead atoms. The number of carbonyl (C=O) groups excluding carboxylic acids is 1. The number of benzene rings is 1. The molecular weight excluding hydrogens is 345 g/mol. The Bertz CT molecular complexity index is 571. The molecule has 0 aliphatic carbocycles. The van der Waals surface area contributed by atoms with Gasteiger partial charge in [0, 0.05) is 11.4 Å². The van der Waals surface area contributed by atoms with E-state index in [1.54, 1.807) is 36.0 Å². The van der Waals surface area contributed by atoms with E-state index in [0.717, 1.165) is 17.1 Å². The normalized spacial score (nSPS) is 10.5. The summed E-state index contributed by atoms with van der Waals surface area (Å²) in [6, 6.07) is 9.68. The average molecular weight is 358 g/mol. The van der Waals surface area contributed by atoms with Crippen LogP contribution < -0.4 is 5.32 Å². The third-order valence-electron chi connectivity index (χ3n) is 2.49. The lowest BCUT2D eigenvalue weighted by Crippen LogP contribution is -2.24. The molecule has 0 aliphatic heterocycles. The third kappa shape index (κ3) is 4.68. The Balaban J connectivity index is 1.64. The van der Waals surface area contributed by atoms with Crippen LogP contribution in [-0.4, -0.2) is 18.2 Å². The monoisotopic (exact) mass is 357 g/mol. The second-order valence-corrected chi connectivity index (χ2v) is 5.97. The van der Waals surface area contributed by atoms with Gasteiger partial charge in [-0.3, -0.25) is 4.79 Å². The number of carbonyl (C=O) groups is 1. The molecule has 2 rings (SSSR count). The van der Waals surface area contributed by atoms with E-state index >= 15 is 0 Å². The Labute approximate surface area is 129 Å². The molecule has 0 atom stereocenters. The quantitative estimate of drug-likeness (QED) is 0.625. The van der Waals surface area contributed by atoms with E-state index in [9.17, 15) is 9.18 Å². The van der Waals surface area contributed by atoms with Crippen LogP contribution in [0.3, 0.4) is 0 Å². The summed E-state index contributed by atoms with van der Waals surface area (Å²) in [5.41, 5.74) is 0. The predicted molar refractivity (Wildman–Crippen MR) is 80.5 cm³/mol. The van der Waals surface area contributed by atoms with Gasteiger partial charge in [0.25, 0.3) is 5.91 Å². The molecule has 3 nitrogen and oxygen atoms in total. The van der Waals surface area contributed by atoms with Gasteiger partial charge >= 0.3 is 0 Å². The van der Waals surface area contributed by atoms with Crippen LogP contribution in [-0.2, 0) is 0 Å². The topological polar surface area (TPSA) is 42.2 Å². The summed E-state index contributed by atoms with van der Waals surface area (Å²) < 4.78 is 18.4. The van der Waals surface area contributed by atoms with Crippen molar-refractivity contribution in [3.8, 4) is 0 Å². The summed E-state index contributed by atoms with van der Waals surface area (Å²) >= 11 is 4.78. The van der Waals surface area contributed by atoms with Gasteiger partial charge in [-0.05, 0) is 64.5 Å². The summed E-state index contributed by atoms with van der Waals surface area (Å²) in [5, 5.41) is 2.78. The molecule has 0 radical (unpaired) electrons. The van der Waals surface area contributed by atoms with Crippen molar-refractivity contribution in [2.24, 2.45) is 0 Å². The summed E-state index contributed by atoms with van der Waals surface area (Å²) in [4.78, 5) is 12.7. The Morgan fingerprint density at radius 3 is 2.65 bits per heavy atom. The predicted octanol–water partition coefficient (Wildman–Crippen LogP) is 4.09. The molecule has 1 N–H and O–H groups in total. The van der Waals surface area contributed by atoms with E-state index in [1.165, 1.54) is 12.1 Å². The van der Waals surface area contributed by atoms with E-state index in [4.69, 9.17) is 4.42 Å². The Morgan fingerprint density at radius 1 is 1.25 bits per heavy atom. The van der Waals surface area contributed by atoms with Crippen LogP contribution >= 0.6 is 27.7 Å². The Hall–Kier alpha value is -1.27. The molecule has 0 unspecified atom stereocenters. The van der Waals surface area contributed by atoms with Gasteiger partial charge in [0.15, 0.2) is 10.4 Å². The maximum Gasteiger partial charge on any atom is 0.287 e. The molecule has 0 saturated heterocycles. The minimum Gasteiger partial charge on any atom is -0.444 e. The number of hydrogen-bond acceptors (Lipinski definition) is 3. The van der Waals surface area contributed by atoms with E-state index in [-0.39, 0.29) is 11.7 Å². The molecule has 106 valence electrons. The molecule has 0 spiro atoms. The van der Waals surface area contributed by atoms with Gasteiger partial charge in [-0.15, -0.1) is 11.8 Å². The lowest BCUT2D eigenvalue weighted by atomic mass is 10.4. The maximum absolute atomic E-state index is 12.7. The fraction of sp³-hybridized carbons (Fsp3) is 0.214. The lowest BCUT2D eigenvalue weighted by Gasteiger charge is -2.03. The molecule has 0 aliphatic rings. The van der Waals surface area contributed by atoms with Crippen molar-refractivity contribution in [1.82, 2.24) is 5.32 Å². The fourth-order valence-electron chi connectivity index (χ4n) is 1.52. The fourth-order valence-corrected chi connectivity index (χ4v) is 2.68. The van der Waals surface area contributed by atoms with Crippen molar-refractivity contribution in [2.75, 3.05) is 12.3 Å². The summed E-state index contributed by atoms with van der Waals surface area (Å²) in [6.07, 6.45) is 0.829. The largest absolute Gasteiger partial charge is 0.444 e. The highest BCUT2D eigenvalue weighted by atomic mass is 79.9. The van der Waals surface area contributed by atoms with Crippen LogP contribution in [0.4, 0.5) is 4.39 Å². The molecule has 1 aromatic heterocycles. The van der Waals surface area contributed by atoms with Gasteiger partial charge in [0.1, 0.15) is 5.82 Å². The van der Waals surface area contributed by atoms with Crippen molar-refractivity contribution in [3.05, 3.63) is 52.6 Å². The standard InChI is InChI=1S/C14H13BrFNO2S/c15-13-7-6-12(19-13)14(18)17-8-1-9-20-11-4-2-10(16)3-5-11/h2-7H,1,8-9H2,(H,17,18). The van der Waals surface area contributed by atoms with Gasteiger partial charge in [-0.25, -0.2) is 4.39 Å². The Morgan fingerprint density at radius 2 is 2.00 bits per heavy atom.